The fourth-order valence-corrected chi connectivity index (χ4v) is 3.10. The Morgan fingerprint density at radius 1 is 0.773 bits per heavy atom. The predicted molar refractivity (Wildman–Crippen MR) is 90.4 cm³/mol. The van der Waals surface area contributed by atoms with Gasteiger partial charge in [0.2, 0.25) is 0 Å². The van der Waals surface area contributed by atoms with Gasteiger partial charge >= 0.3 is 5.63 Å². The van der Waals surface area contributed by atoms with Crippen LogP contribution in [-0.2, 0) is 0 Å². The molecule has 0 aliphatic rings. The number of hydrogen-bond donors (Lipinski definition) is 0. The third-order valence-electron chi connectivity index (χ3n) is 3.80. The molecule has 22 heavy (non-hydrogen) atoms. The van der Waals surface area contributed by atoms with Crippen molar-refractivity contribution in [2.75, 3.05) is 0 Å². The first-order valence-electron chi connectivity index (χ1n) is 6.95. The summed E-state index contributed by atoms with van der Waals surface area (Å²) in [6, 6.07) is 20.9. The van der Waals surface area contributed by atoms with Crippen molar-refractivity contribution < 1.29 is 4.42 Å². The van der Waals surface area contributed by atoms with Gasteiger partial charge < -0.3 is 4.42 Å². The Morgan fingerprint density at radius 3 is 2.23 bits per heavy atom. The van der Waals surface area contributed by atoms with Crippen LogP contribution in [0.5, 0.6) is 0 Å². The predicted octanol–water partition coefficient (Wildman–Crippen LogP) is 5.27. The Labute approximate surface area is 131 Å². The molecule has 0 atom stereocenters. The molecule has 3 heteroatoms. The number of fused-ring (bicyclic) bond motifs is 3. The fraction of sp³-hybridized carbons (Fsp3) is 0. The van der Waals surface area contributed by atoms with Crippen molar-refractivity contribution in [3.8, 4) is 11.1 Å². The molecule has 0 spiro atoms. The summed E-state index contributed by atoms with van der Waals surface area (Å²) in [6.07, 6.45) is 0. The highest BCUT2D eigenvalue weighted by Gasteiger charge is 2.14. The van der Waals surface area contributed by atoms with Gasteiger partial charge in [0, 0.05) is 21.4 Å². The second-order valence-corrected chi connectivity index (χ2v) is 5.50. The number of rotatable bonds is 1. The molecule has 0 N–H and O–H groups in total. The van der Waals surface area contributed by atoms with Gasteiger partial charge in [0.25, 0.3) is 0 Å². The molecule has 3 aromatic carbocycles. The van der Waals surface area contributed by atoms with Gasteiger partial charge in [-0.15, -0.1) is 0 Å². The second kappa shape index (κ2) is 5.00. The molecule has 1 heterocycles. The van der Waals surface area contributed by atoms with E-state index >= 15 is 0 Å². The van der Waals surface area contributed by atoms with Crippen molar-refractivity contribution in [3.63, 3.8) is 0 Å². The molecule has 0 amide bonds. The molecule has 4 aromatic rings. The fourth-order valence-electron chi connectivity index (χ4n) is 2.83. The van der Waals surface area contributed by atoms with E-state index in [1.807, 2.05) is 48.5 Å². The Kier molecular flexibility index (Phi) is 2.98. The maximum Gasteiger partial charge on any atom is 0.344 e. The minimum absolute atomic E-state index is 0.329. The summed E-state index contributed by atoms with van der Waals surface area (Å²) in [4.78, 5) is 12.1. The zero-order chi connectivity index (χ0) is 15.1. The minimum atomic E-state index is -0.329. The Bertz CT molecular complexity index is 1050. The second-order valence-electron chi connectivity index (χ2n) is 5.10. The van der Waals surface area contributed by atoms with Crippen LogP contribution in [0.3, 0.4) is 0 Å². The van der Waals surface area contributed by atoms with Crippen LogP contribution in [0.15, 0.2) is 75.9 Å². The molecular weight excluding hydrogens is 296 g/mol. The lowest BCUT2D eigenvalue weighted by Gasteiger charge is -2.11. The van der Waals surface area contributed by atoms with Crippen LogP contribution in [0.25, 0.3) is 32.9 Å². The van der Waals surface area contributed by atoms with Crippen LogP contribution < -0.4 is 5.63 Å². The van der Waals surface area contributed by atoms with Gasteiger partial charge in [0.1, 0.15) is 5.58 Å². The summed E-state index contributed by atoms with van der Waals surface area (Å²) in [6.45, 7) is 0. The first-order chi connectivity index (χ1) is 10.8. The summed E-state index contributed by atoms with van der Waals surface area (Å²) >= 11 is 6.46. The van der Waals surface area contributed by atoms with Crippen molar-refractivity contribution in [1.29, 1.82) is 0 Å². The monoisotopic (exact) mass is 306 g/mol. The van der Waals surface area contributed by atoms with E-state index in [0.717, 1.165) is 21.9 Å². The minimum Gasteiger partial charge on any atom is -0.422 e. The van der Waals surface area contributed by atoms with Crippen LogP contribution in [0, 0.1) is 0 Å². The van der Waals surface area contributed by atoms with Crippen molar-refractivity contribution in [3.05, 3.63) is 82.2 Å². The normalized spacial score (nSPS) is 11.1. The average molecular weight is 307 g/mol. The lowest BCUT2D eigenvalue weighted by atomic mass is 9.97. The van der Waals surface area contributed by atoms with Crippen molar-refractivity contribution in [1.82, 2.24) is 0 Å². The third-order valence-corrected chi connectivity index (χ3v) is 4.11. The molecule has 1 aromatic heterocycles. The molecule has 4 rings (SSSR count). The number of benzene rings is 3. The molecule has 0 fully saturated rings. The summed E-state index contributed by atoms with van der Waals surface area (Å²) in [5.74, 6) is 0. The highest BCUT2D eigenvalue weighted by molar-refractivity contribution is 6.36. The van der Waals surface area contributed by atoms with Gasteiger partial charge in [0.15, 0.2) is 0 Å². The van der Waals surface area contributed by atoms with Crippen molar-refractivity contribution >= 4 is 33.3 Å². The molecule has 0 bridgehead atoms. The smallest absolute Gasteiger partial charge is 0.344 e. The highest BCUT2D eigenvalue weighted by Crippen LogP contribution is 2.38. The Hall–Kier alpha value is -2.58. The van der Waals surface area contributed by atoms with Crippen LogP contribution >= 0.6 is 11.6 Å². The maximum absolute atomic E-state index is 12.1. The largest absolute Gasteiger partial charge is 0.422 e. The zero-order valence-electron chi connectivity index (χ0n) is 11.5. The molecule has 0 radical (unpaired) electrons. The van der Waals surface area contributed by atoms with E-state index < -0.39 is 0 Å². The molecular formula is C19H11ClO2. The SMILES string of the molecule is O=c1oc2ccc(Cl)c(-c3ccccc3)c2c2ccccc12. The van der Waals surface area contributed by atoms with Gasteiger partial charge in [-0.3, -0.25) is 0 Å². The van der Waals surface area contributed by atoms with Crippen molar-refractivity contribution in [2.24, 2.45) is 0 Å². The van der Waals surface area contributed by atoms with E-state index in [-0.39, 0.29) is 5.63 Å². The van der Waals surface area contributed by atoms with Crippen molar-refractivity contribution in [2.45, 2.75) is 0 Å². The molecule has 0 unspecified atom stereocenters. The Balaban J connectivity index is 2.28. The van der Waals surface area contributed by atoms with Crippen LogP contribution in [0.2, 0.25) is 5.02 Å². The third kappa shape index (κ3) is 1.92. The average Bonchev–Trinajstić information content (AvgIpc) is 2.56. The first-order valence-corrected chi connectivity index (χ1v) is 7.33. The topological polar surface area (TPSA) is 30.2 Å². The number of halogens is 1. The lowest BCUT2D eigenvalue weighted by Crippen LogP contribution is -2.00. The zero-order valence-corrected chi connectivity index (χ0v) is 12.3. The quantitative estimate of drug-likeness (QED) is 0.354. The van der Waals surface area contributed by atoms with E-state index in [4.69, 9.17) is 16.0 Å². The molecule has 0 aliphatic heterocycles. The van der Waals surface area contributed by atoms with E-state index in [9.17, 15) is 4.79 Å². The first kappa shape index (κ1) is 13.1. The molecule has 106 valence electrons. The van der Waals surface area contributed by atoms with Gasteiger partial charge in [-0.1, -0.05) is 60.1 Å². The summed E-state index contributed by atoms with van der Waals surface area (Å²) in [5.41, 5.74) is 2.10. The Morgan fingerprint density at radius 2 is 1.45 bits per heavy atom. The van der Waals surface area contributed by atoms with Gasteiger partial charge in [-0.25, -0.2) is 4.79 Å². The van der Waals surface area contributed by atoms with Gasteiger partial charge in [-0.05, 0) is 23.8 Å². The lowest BCUT2D eigenvalue weighted by molar-refractivity contribution is 0.570. The van der Waals surface area contributed by atoms with E-state index in [2.05, 4.69) is 0 Å². The van der Waals surface area contributed by atoms with Crippen LogP contribution in [-0.4, -0.2) is 0 Å². The molecule has 0 saturated heterocycles. The van der Waals surface area contributed by atoms with E-state index in [1.54, 1.807) is 18.2 Å². The number of hydrogen-bond acceptors (Lipinski definition) is 2. The van der Waals surface area contributed by atoms with Gasteiger partial charge in [0.05, 0.1) is 5.39 Å². The summed E-state index contributed by atoms with van der Waals surface area (Å²) in [7, 11) is 0. The van der Waals surface area contributed by atoms with Gasteiger partial charge in [-0.2, -0.15) is 0 Å². The summed E-state index contributed by atoms with van der Waals surface area (Å²) in [5, 5.41) is 2.93. The molecule has 0 saturated carbocycles. The standard InChI is InChI=1S/C19H11ClO2/c20-15-10-11-16-18(17(15)12-6-2-1-3-7-12)13-8-4-5-9-14(13)19(21)22-16/h1-11H. The van der Waals surface area contributed by atoms with E-state index in [0.29, 0.717) is 16.0 Å². The van der Waals surface area contributed by atoms with Crippen LogP contribution in [0.1, 0.15) is 0 Å². The highest BCUT2D eigenvalue weighted by atomic mass is 35.5. The molecule has 2 nitrogen and oxygen atoms in total. The van der Waals surface area contributed by atoms with E-state index in [1.165, 1.54) is 0 Å². The maximum atomic E-state index is 12.1. The molecule has 0 aliphatic carbocycles. The van der Waals surface area contributed by atoms with Crippen LogP contribution in [0.4, 0.5) is 0 Å². The summed E-state index contributed by atoms with van der Waals surface area (Å²) < 4.78 is 5.48.